The van der Waals surface area contributed by atoms with Gasteiger partial charge in [0.05, 0.1) is 11.1 Å². The minimum absolute atomic E-state index is 0.107. The van der Waals surface area contributed by atoms with E-state index in [4.69, 9.17) is 0 Å². The Kier molecular flexibility index (Phi) is 4.68. The van der Waals surface area contributed by atoms with E-state index in [1.54, 1.807) is 12.1 Å². The second-order valence-electron chi connectivity index (χ2n) is 9.20. The van der Waals surface area contributed by atoms with Crippen molar-refractivity contribution in [3.63, 3.8) is 0 Å². The van der Waals surface area contributed by atoms with E-state index in [1.165, 1.54) is 0 Å². The summed E-state index contributed by atoms with van der Waals surface area (Å²) in [4.78, 5) is 64.3. The van der Waals surface area contributed by atoms with Gasteiger partial charge in [-0.25, -0.2) is 0 Å². The van der Waals surface area contributed by atoms with Crippen LogP contribution in [0.25, 0.3) is 0 Å². The van der Waals surface area contributed by atoms with E-state index < -0.39 is 23.8 Å². The van der Waals surface area contributed by atoms with Crippen molar-refractivity contribution in [2.24, 2.45) is 5.41 Å². The van der Waals surface area contributed by atoms with Crippen molar-refractivity contribution in [2.75, 3.05) is 18.0 Å². The summed E-state index contributed by atoms with van der Waals surface area (Å²) in [6.07, 6.45) is 5.61. The number of carbonyl (C=O) groups is 5. The summed E-state index contributed by atoms with van der Waals surface area (Å²) < 4.78 is 0. The van der Waals surface area contributed by atoms with Gasteiger partial charge < -0.3 is 4.90 Å². The molecule has 3 fully saturated rings. The fourth-order valence-electron chi connectivity index (χ4n) is 5.45. The van der Waals surface area contributed by atoms with Gasteiger partial charge in [-0.2, -0.15) is 0 Å². The number of nitrogens with one attached hydrogen (secondary N) is 1. The first-order valence-electron chi connectivity index (χ1n) is 11.0. The molecule has 0 radical (unpaired) electrons. The van der Waals surface area contributed by atoms with Crippen molar-refractivity contribution in [3.05, 3.63) is 29.3 Å². The van der Waals surface area contributed by atoms with Crippen LogP contribution in [0, 0.1) is 5.41 Å². The van der Waals surface area contributed by atoms with Crippen LogP contribution >= 0.6 is 0 Å². The Labute approximate surface area is 179 Å². The minimum Gasteiger partial charge on any atom is -0.371 e. The number of benzene rings is 1. The summed E-state index contributed by atoms with van der Waals surface area (Å²) in [6, 6.07) is 4.34. The highest BCUT2D eigenvalue weighted by atomic mass is 16.2. The first kappa shape index (κ1) is 19.9. The topological polar surface area (TPSA) is 104 Å². The Morgan fingerprint density at radius 2 is 1.52 bits per heavy atom. The van der Waals surface area contributed by atoms with Crippen molar-refractivity contribution >= 4 is 35.1 Å². The molecule has 31 heavy (non-hydrogen) atoms. The Morgan fingerprint density at radius 3 is 2.19 bits per heavy atom. The number of fused-ring (bicyclic) bond motifs is 1. The Bertz CT molecular complexity index is 996. The average Bonchev–Trinajstić information content (AvgIpc) is 3.01. The highest BCUT2D eigenvalue weighted by Gasteiger charge is 2.45. The lowest BCUT2D eigenvalue weighted by atomic mass is 9.68. The highest BCUT2D eigenvalue weighted by Crippen LogP contribution is 2.44. The van der Waals surface area contributed by atoms with Gasteiger partial charge in [-0.3, -0.25) is 34.2 Å². The summed E-state index contributed by atoms with van der Waals surface area (Å²) in [6.45, 7) is 1.71. The second-order valence-corrected chi connectivity index (χ2v) is 9.20. The number of rotatable bonds is 2. The zero-order chi connectivity index (χ0) is 21.8. The highest BCUT2D eigenvalue weighted by molar-refractivity contribution is 6.23. The SMILES string of the molecule is O=C1CCC2(CC1)CCN(c1ccc3c(c1)C(=O)N(C1CCC(=O)NC1=O)C3=O)CC2. The maximum atomic E-state index is 13.0. The molecule has 8 nitrogen and oxygen atoms in total. The van der Waals surface area contributed by atoms with Gasteiger partial charge in [-0.15, -0.1) is 0 Å². The lowest BCUT2D eigenvalue weighted by molar-refractivity contribution is -0.136. The van der Waals surface area contributed by atoms with Crippen LogP contribution in [0.5, 0.6) is 0 Å². The van der Waals surface area contributed by atoms with Crippen LogP contribution in [0.2, 0.25) is 0 Å². The molecule has 0 aromatic heterocycles. The third kappa shape index (κ3) is 3.34. The van der Waals surface area contributed by atoms with E-state index in [0.717, 1.165) is 49.4 Å². The monoisotopic (exact) mass is 423 g/mol. The fraction of sp³-hybridized carbons (Fsp3) is 0.522. The Balaban J connectivity index is 1.32. The molecule has 162 valence electrons. The number of amides is 4. The van der Waals surface area contributed by atoms with Gasteiger partial charge in [0, 0.05) is 38.0 Å². The Hall–Kier alpha value is -3.03. The van der Waals surface area contributed by atoms with E-state index >= 15 is 0 Å². The van der Waals surface area contributed by atoms with E-state index in [9.17, 15) is 24.0 Å². The number of piperidine rings is 2. The number of ketones is 1. The largest absolute Gasteiger partial charge is 0.371 e. The molecule has 1 spiro atoms. The zero-order valence-corrected chi connectivity index (χ0v) is 17.3. The van der Waals surface area contributed by atoms with Crippen molar-refractivity contribution in [1.82, 2.24) is 10.2 Å². The molecule has 1 saturated carbocycles. The standard InChI is InChI=1S/C23H25N3O5/c27-15-5-7-23(8-6-15)9-11-25(12-10-23)14-1-2-16-17(13-14)22(31)26(21(16)30)18-3-4-19(28)24-20(18)29/h1-2,13,18H,3-12H2,(H,24,28,29). The maximum Gasteiger partial charge on any atom is 0.262 e. The van der Waals surface area contributed by atoms with Gasteiger partial charge in [0.2, 0.25) is 11.8 Å². The molecule has 8 heteroatoms. The quantitative estimate of drug-likeness (QED) is 0.728. The van der Waals surface area contributed by atoms with Crippen molar-refractivity contribution in [2.45, 2.75) is 57.4 Å². The predicted molar refractivity (Wildman–Crippen MR) is 110 cm³/mol. The molecule has 3 aliphatic heterocycles. The third-order valence-electron chi connectivity index (χ3n) is 7.48. The van der Waals surface area contributed by atoms with Crippen molar-refractivity contribution < 1.29 is 24.0 Å². The molecule has 1 unspecified atom stereocenters. The molecular weight excluding hydrogens is 398 g/mol. The summed E-state index contributed by atoms with van der Waals surface area (Å²) >= 11 is 0. The van der Waals surface area contributed by atoms with Crippen LogP contribution < -0.4 is 10.2 Å². The lowest BCUT2D eigenvalue weighted by Gasteiger charge is -2.44. The molecule has 4 aliphatic rings. The number of imide groups is 2. The molecule has 1 N–H and O–H groups in total. The van der Waals surface area contributed by atoms with E-state index in [0.29, 0.717) is 29.8 Å². The number of hydrogen-bond acceptors (Lipinski definition) is 6. The number of nitrogens with zero attached hydrogens (tertiary/aromatic N) is 2. The van der Waals surface area contributed by atoms with Gasteiger partial charge in [0.15, 0.2) is 0 Å². The van der Waals surface area contributed by atoms with Crippen molar-refractivity contribution in [1.29, 1.82) is 0 Å². The van der Waals surface area contributed by atoms with Gasteiger partial charge in [0.25, 0.3) is 11.8 Å². The van der Waals surface area contributed by atoms with Crippen LogP contribution in [0.15, 0.2) is 18.2 Å². The summed E-state index contributed by atoms with van der Waals surface area (Å²) in [5.41, 5.74) is 1.77. The van der Waals surface area contributed by atoms with Gasteiger partial charge in [-0.05, 0) is 55.7 Å². The van der Waals surface area contributed by atoms with Gasteiger partial charge >= 0.3 is 0 Å². The second kappa shape index (κ2) is 7.28. The summed E-state index contributed by atoms with van der Waals surface area (Å²) in [5, 5.41) is 2.21. The molecular formula is C23H25N3O5. The smallest absolute Gasteiger partial charge is 0.262 e. The van der Waals surface area contributed by atoms with Gasteiger partial charge in [0.1, 0.15) is 11.8 Å². The average molecular weight is 423 g/mol. The summed E-state index contributed by atoms with van der Waals surface area (Å²) in [5.74, 6) is -1.57. The van der Waals surface area contributed by atoms with Crippen LogP contribution in [-0.4, -0.2) is 53.4 Å². The predicted octanol–water partition coefficient (Wildman–Crippen LogP) is 1.82. The lowest BCUT2D eigenvalue weighted by Crippen LogP contribution is -2.54. The fourth-order valence-corrected chi connectivity index (χ4v) is 5.45. The van der Waals surface area contributed by atoms with Crippen LogP contribution in [0.4, 0.5) is 5.69 Å². The molecule has 2 saturated heterocycles. The number of hydrogen-bond donors (Lipinski definition) is 1. The van der Waals surface area contributed by atoms with E-state index in [1.807, 2.05) is 6.07 Å². The van der Waals surface area contributed by atoms with E-state index in [-0.39, 0.29) is 24.2 Å². The molecule has 3 heterocycles. The van der Waals surface area contributed by atoms with Gasteiger partial charge in [-0.1, -0.05) is 0 Å². The summed E-state index contributed by atoms with van der Waals surface area (Å²) in [7, 11) is 0. The normalized spacial score (nSPS) is 25.8. The zero-order valence-electron chi connectivity index (χ0n) is 17.3. The number of carbonyl (C=O) groups excluding carboxylic acids is 5. The molecule has 5 rings (SSSR count). The first-order valence-corrected chi connectivity index (χ1v) is 11.0. The first-order chi connectivity index (χ1) is 14.9. The molecule has 4 amide bonds. The molecule has 0 bridgehead atoms. The third-order valence-corrected chi connectivity index (χ3v) is 7.48. The maximum absolute atomic E-state index is 13.0. The minimum atomic E-state index is -0.947. The van der Waals surface area contributed by atoms with Crippen LogP contribution in [0.3, 0.4) is 0 Å². The molecule has 1 atom stereocenters. The molecule has 1 aromatic rings. The van der Waals surface area contributed by atoms with Crippen LogP contribution in [0.1, 0.15) is 72.1 Å². The van der Waals surface area contributed by atoms with E-state index in [2.05, 4.69) is 10.2 Å². The number of Topliss-reactive ketones (excluding diaryl/α,β-unsaturated/α-hetero) is 1. The molecule has 1 aromatic carbocycles. The Morgan fingerprint density at radius 1 is 0.839 bits per heavy atom. The van der Waals surface area contributed by atoms with Crippen LogP contribution in [-0.2, 0) is 14.4 Å². The molecule has 1 aliphatic carbocycles. The van der Waals surface area contributed by atoms with Crippen molar-refractivity contribution in [3.8, 4) is 0 Å². The number of anilines is 1.